The van der Waals surface area contributed by atoms with Crippen LogP contribution in [0.2, 0.25) is 0 Å². The van der Waals surface area contributed by atoms with Crippen LogP contribution >= 0.6 is 0 Å². The van der Waals surface area contributed by atoms with Crippen molar-refractivity contribution < 1.29 is 9.18 Å². The van der Waals surface area contributed by atoms with Gasteiger partial charge in [-0.2, -0.15) is 0 Å². The van der Waals surface area contributed by atoms with Gasteiger partial charge in [-0.15, -0.1) is 0 Å². The number of rotatable bonds is 0. The topological polar surface area (TPSA) is 17.1 Å². The Morgan fingerprint density at radius 3 is 2.75 bits per heavy atom. The van der Waals surface area contributed by atoms with E-state index in [0.29, 0.717) is 11.8 Å². The number of aldehydes is 1. The maximum Gasteiger partial charge on any atom is 0.193 e. The molecule has 0 aliphatic heterocycles. The highest BCUT2D eigenvalue weighted by atomic mass is 19.1. The molecule has 0 aliphatic rings. The average molecular weight is 162 g/mol. The maximum atomic E-state index is 12.7. The lowest BCUT2D eigenvalue weighted by molar-refractivity contribution is -0.103. The van der Waals surface area contributed by atoms with E-state index in [1.165, 1.54) is 12.1 Å². The van der Waals surface area contributed by atoms with Gasteiger partial charge in [0.1, 0.15) is 5.82 Å². The minimum absolute atomic E-state index is 0.329. The molecule has 0 unspecified atom stereocenters. The molecule has 1 nitrogen and oxygen atoms in total. The van der Waals surface area contributed by atoms with Crippen LogP contribution in [0.3, 0.4) is 0 Å². The van der Waals surface area contributed by atoms with E-state index >= 15 is 0 Å². The highest BCUT2D eigenvalue weighted by molar-refractivity contribution is 5.73. The van der Waals surface area contributed by atoms with Crippen LogP contribution in [0.4, 0.5) is 4.39 Å². The first-order valence-corrected chi connectivity index (χ1v) is 3.45. The zero-order chi connectivity index (χ0) is 8.97. The second-order valence-corrected chi connectivity index (χ2v) is 2.40. The zero-order valence-electron chi connectivity index (χ0n) is 6.60. The van der Waals surface area contributed by atoms with Gasteiger partial charge in [-0.3, -0.25) is 4.79 Å². The van der Waals surface area contributed by atoms with E-state index < -0.39 is 0 Å². The Hall–Kier alpha value is -1.62. The maximum absolute atomic E-state index is 12.7. The first-order chi connectivity index (χ1) is 5.72. The van der Waals surface area contributed by atoms with Crippen molar-refractivity contribution in [1.82, 2.24) is 0 Å². The molecule has 0 spiro atoms. The van der Waals surface area contributed by atoms with Crippen LogP contribution in [0.15, 0.2) is 18.2 Å². The molecule has 2 heteroatoms. The summed E-state index contributed by atoms with van der Waals surface area (Å²) in [6.07, 6.45) is 0.486. The van der Waals surface area contributed by atoms with Gasteiger partial charge < -0.3 is 0 Å². The second-order valence-electron chi connectivity index (χ2n) is 2.40. The summed E-state index contributed by atoms with van der Waals surface area (Å²) in [5.41, 5.74) is 1.32. The Morgan fingerprint density at radius 1 is 1.42 bits per heavy atom. The van der Waals surface area contributed by atoms with Crippen molar-refractivity contribution >= 4 is 6.29 Å². The Kier molecular flexibility index (Phi) is 2.60. The van der Waals surface area contributed by atoms with Gasteiger partial charge in [-0.05, 0) is 36.6 Å². The number of hydrogen-bond acceptors (Lipinski definition) is 1. The minimum Gasteiger partial charge on any atom is -0.289 e. The lowest BCUT2D eigenvalue weighted by Gasteiger charge is -1.94. The molecule has 1 aromatic carbocycles. The predicted molar refractivity (Wildman–Crippen MR) is 44.1 cm³/mol. The summed E-state index contributed by atoms with van der Waals surface area (Å²) in [7, 11) is 0. The van der Waals surface area contributed by atoms with Crippen LogP contribution in [0.25, 0.3) is 0 Å². The monoisotopic (exact) mass is 162 g/mol. The molecule has 0 N–H and O–H groups in total. The lowest BCUT2D eigenvalue weighted by atomic mass is 10.1. The fourth-order valence-corrected chi connectivity index (χ4v) is 0.921. The second kappa shape index (κ2) is 3.68. The summed E-state index contributed by atoms with van der Waals surface area (Å²) in [5, 5.41) is 0. The largest absolute Gasteiger partial charge is 0.289 e. The Labute approximate surface area is 70.2 Å². The van der Waals surface area contributed by atoms with E-state index in [0.717, 1.165) is 5.56 Å². The van der Waals surface area contributed by atoms with Gasteiger partial charge in [-0.1, -0.05) is 5.92 Å². The van der Waals surface area contributed by atoms with Gasteiger partial charge in [0, 0.05) is 5.56 Å². The molecule has 12 heavy (non-hydrogen) atoms. The Bertz CT molecular complexity index is 338. The van der Waals surface area contributed by atoms with E-state index in [9.17, 15) is 9.18 Å². The molecule has 0 aromatic heterocycles. The fourth-order valence-electron chi connectivity index (χ4n) is 0.921. The number of halogens is 1. The van der Waals surface area contributed by atoms with Gasteiger partial charge in [0.25, 0.3) is 0 Å². The highest BCUT2D eigenvalue weighted by Gasteiger charge is 1.93. The number of carbonyl (C=O) groups is 1. The average Bonchev–Trinajstić information content (AvgIpc) is 1.99. The van der Waals surface area contributed by atoms with E-state index in [1.807, 2.05) is 0 Å². The Balaban J connectivity index is 3.08. The number of aryl methyl sites for hydroxylation is 1. The lowest BCUT2D eigenvalue weighted by Crippen LogP contribution is -1.81. The summed E-state index contributed by atoms with van der Waals surface area (Å²) < 4.78 is 12.7. The summed E-state index contributed by atoms with van der Waals surface area (Å²) in [4.78, 5) is 9.88. The first-order valence-electron chi connectivity index (χ1n) is 3.45. The van der Waals surface area contributed by atoms with Gasteiger partial charge in [0.2, 0.25) is 0 Å². The molecule has 0 heterocycles. The number of carbonyl (C=O) groups excluding carboxylic acids is 1. The normalized spacial score (nSPS) is 8.50. The summed E-state index contributed by atoms with van der Waals surface area (Å²) in [6.45, 7) is 1.77. The van der Waals surface area contributed by atoms with Crippen LogP contribution in [0.1, 0.15) is 11.1 Å². The minimum atomic E-state index is -0.329. The first kappa shape index (κ1) is 8.48. The molecule has 0 atom stereocenters. The van der Waals surface area contributed by atoms with Crippen LogP contribution in [-0.2, 0) is 4.79 Å². The van der Waals surface area contributed by atoms with Gasteiger partial charge in [0.15, 0.2) is 6.29 Å². The van der Waals surface area contributed by atoms with Gasteiger partial charge in [-0.25, -0.2) is 4.39 Å². The zero-order valence-corrected chi connectivity index (χ0v) is 6.60. The van der Waals surface area contributed by atoms with Crippen LogP contribution in [0.5, 0.6) is 0 Å². The van der Waals surface area contributed by atoms with Crippen LogP contribution in [0, 0.1) is 24.6 Å². The van der Waals surface area contributed by atoms with E-state index in [4.69, 9.17) is 0 Å². The van der Waals surface area contributed by atoms with Crippen LogP contribution < -0.4 is 0 Å². The summed E-state index contributed by atoms with van der Waals surface area (Å²) in [5.74, 6) is 4.41. The predicted octanol–water partition coefficient (Wildman–Crippen LogP) is 1.68. The van der Waals surface area contributed by atoms with E-state index in [1.54, 1.807) is 13.0 Å². The molecular weight excluding hydrogens is 155 g/mol. The van der Waals surface area contributed by atoms with E-state index in [-0.39, 0.29) is 5.82 Å². The molecule has 1 rings (SSSR count). The third-order valence-electron chi connectivity index (χ3n) is 1.32. The molecule has 0 aliphatic carbocycles. The number of benzene rings is 1. The summed E-state index contributed by atoms with van der Waals surface area (Å²) >= 11 is 0. The smallest absolute Gasteiger partial charge is 0.193 e. The van der Waals surface area contributed by atoms with Crippen molar-refractivity contribution in [3.05, 3.63) is 35.1 Å². The van der Waals surface area contributed by atoms with Crippen molar-refractivity contribution in [2.45, 2.75) is 6.92 Å². The molecule has 0 saturated heterocycles. The summed E-state index contributed by atoms with van der Waals surface area (Å²) in [6, 6.07) is 4.43. The molecule has 60 valence electrons. The van der Waals surface area contributed by atoms with Crippen molar-refractivity contribution in [3.8, 4) is 11.8 Å². The van der Waals surface area contributed by atoms with E-state index in [2.05, 4.69) is 11.8 Å². The third-order valence-corrected chi connectivity index (χ3v) is 1.32. The Morgan fingerprint density at radius 2 is 2.17 bits per heavy atom. The quantitative estimate of drug-likeness (QED) is 0.419. The molecule has 0 saturated carbocycles. The highest BCUT2D eigenvalue weighted by Crippen LogP contribution is 2.06. The van der Waals surface area contributed by atoms with Crippen LogP contribution in [-0.4, -0.2) is 6.29 Å². The molecular formula is C10H7FO. The van der Waals surface area contributed by atoms with Gasteiger partial charge >= 0.3 is 0 Å². The fraction of sp³-hybridized carbons (Fsp3) is 0.100. The van der Waals surface area contributed by atoms with Crippen molar-refractivity contribution in [2.24, 2.45) is 0 Å². The SMILES string of the molecule is Cc1cc(F)cc(C#CC=O)c1. The molecule has 1 aromatic rings. The standard InChI is InChI=1S/C10H7FO/c1-8-5-9(3-2-4-12)7-10(11)6-8/h4-7H,1H3. The number of hydrogen-bond donors (Lipinski definition) is 0. The van der Waals surface area contributed by atoms with Crippen molar-refractivity contribution in [3.63, 3.8) is 0 Å². The van der Waals surface area contributed by atoms with Crippen molar-refractivity contribution in [1.29, 1.82) is 0 Å². The van der Waals surface area contributed by atoms with Crippen molar-refractivity contribution in [2.75, 3.05) is 0 Å². The van der Waals surface area contributed by atoms with Gasteiger partial charge in [0.05, 0.1) is 0 Å². The molecule has 0 amide bonds. The third kappa shape index (κ3) is 2.21. The molecule has 0 bridgehead atoms. The molecule has 0 radical (unpaired) electrons. The molecule has 0 fully saturated rings.